The fraction of sp³-hybridized carbons (Fsp3) is 0.591. The summed E-state index contributed by atoms with van der Waals surface area (Å²) in [6, 6.07) is 7.67. The van der Waals surface area contributed by atoms with Gasteiger partial charge in [0, 0.05) is 0 Å². The first-order chi connectivity index (χ1) is 13.5. The number of urea groups is 1. The Bertz CT molecular complexity index is 783. The molecular weight excluding hydrogens is 354 g/mol. The lowest BCUT2D eigenvalue weighted by Crippen LogP contribution is -2.50. The Balaban J connectivity index is 1.40. The summed E-state index contributed by atoms with van der Waals surface area (Å²) >= 11 is 0. The van der Waals surface area contributed by atoms with Gasteiger partial charge in [-0.1, -0.05) is 37.6 Å². The number of carbonyl (C=O) groups is 3. The Hall–Kier alpha value is -2.37. The highest BCUT2D eigenvalue weighted by Crippen LogP contribution is 2.37. The van der Waals surface area contributed by atoms with Gasteiger partial charge in [0.25, 0.3) is 5.91 Å². The molecule has 1 saturated carbocycles. The van der Waals surface area contributed by atoms with E-state index < -0.39 is 11.6 Å². The van der Waals surface area contributed by atoms with Crippen molar-refractivity contribution in [2.24, 2.45) is 5.92 Å². The number of benzene rings is 1. The molecule has 0 bridgehead atoms. The molecule has 6 nitrogen and oxygen atoms in total. The van der Waals surface area contributed by atoms with E-state index in [1.165, 1.54) is 5.56 Å². The van der Waals surface area contributed by atoms with Crippen molar-refractivity contribution in [3.8, 4) is 0 Å². The minimum atomic E-state index is -0.791. The zero-order valence-corrected chi connectivity index (χ0v) is 16.5. The molecule has 0 aromatic heterocycles. The first-order valence-corrected chi connectivity index (χ1v) is 10.5. The van der Waals surface area contributed by atoms with E-state index in [4.69, 9.17) is 0 Å². The monoisotopic (exact) mass is 383 g/mol. The number of hydrogen-bond donors (Lipinski definition) is 2. The van der Waals surface area contributed by atoms with Gasteiger partial charge in [-0.25, -0.2) is 4.79 Å². The number of hydrogen-bond acceptors (Lipinski definition) is 3. The van der Waals surface area contributed by atoms with Crippen LogP contribution in [-0.4, -0.2) is 34.8 Å². The number of aryl methyl sites for hydroxylation is 1. The van der Waals surface area contributed by atoms with Crippen molar-refractivity contribution >= 4 is 17.8 Å². The lowest BCUT2D eigenvalue weighted by atomic mass is 9.75. The van der Waals surface area contributed by atoms with Crippen molar-refractivity contribution in [2.75, 3.05) is 6.54 Å². The molecule has 28 heavy (non-hydrogen) atoms. The fourth-order valence-corrected chi connectivity index (χ4v) is 5.02. The molecule has 3 aliphatic rings. The highest BCUT2D eigenvalue weighted by Gasteiger charge is 2.52. The Morgan fingerprint density at radius 1 is 1.21 bits per heavy atom. The summed E-state index contributed by atoms with van der Waals surface area (Å²) in [4.78, 5) is 39.2. The predicted molar refractivity (Wildman–Crippen MR) is 105 cm³/mol. The van der Waals surface area contributed by atoms with Crippen LogP contribution < -0.4 is 10.6 Å². The quantitative estimate of drug-likeness (QED) is 0.785. The van der Waals surface area contributed by atoms with Crippen LogP contribution >= 0.6 is 0 Å². The number of carbonyl (C=O) groups excluding carboxylic acids is 3. The normalized spacial score (nSPS) is 29.5. The van der Waals surface area contributed by atoms with Crippen molar-refractivity contribution in [1.82, 2.24) is 15.5 Å². The summed E-state index contributed by atoms with van der Waals surface area (Å²) in [5.74, 6) is 0.120. The molecule has 4 rings (SSSR count). The van der Waals surface area contributed by atoms with Gasteiger partial charge in [0.15, 0.2) is 0 Å². The molecule has 6 heteroatoms. The van der Waals surface area contributed by atoms with Gasteiger partial charge in [0.05, 0.1) is 6.04 Å². The van der Waals surface area contributed by atoms with Crippen molar-refractivity contribution in [3.63, 3.8) is 0 Å². The molecule has 2 N–H and O–H groups in total. The summed E-state index contributed by atoms with van der Waals surface area (Å²) < 4.78 is 0. The van der Waals surface area contributed by atoms with Gasteiger partial charge in [-0.05, 0) is 62.0 Å². The molecule has 1 aromatic rings. The Labute approximate surface area is 166 Å². The first-order valence-electron chi connectivity index (χ1n) is 10.5. The zero-order valence-electron chi connectivity index (χ0n) is 16.5. The Morgan fingerprint density at radius 2 is 1.96 bits per heavy atom. The number of nitrogens with zero attached hydrogens (tertiary/aromatic N) is 1. The minimum absolute atomic E-state index is 0.0489. The highest BCUT2D eigenvalue weighted by molar-refractivity contribution is 6.09. The fourth-order valence-electron chi connectivity index (χ4n) is 5.02. The summed E-state index contributed by atoms with van der Waals surface area (Å²) in [6.07, 6.45) is 7.26. The van der Waals surface area contributed by atoms with Crippen molar-refractivity contribution in [3.05, 3.63) is 35.4 Å². The molecule has 1 unspecified atom stereocenters. The zero-order chi connectivity index (χ0) is 19.7. The number of amides is 4. The van der Waals surface area contributed by atoms with Gasteiger partial charge in [-0.2, -0.15) is 0 Å². The van der Waals surface area contributed by atoms with Crippen LogP contribution in [0.4, 0.5) is 4.79 Å². The second-order valence-electron chi connectivity index (χ2n) is 8.47. The molecule has 1 aliphatic heterocycles. The van der Waals surface area contributed by atoms with Crippen LogP contribution in [-0.2, 0) is 16.0 Å². The maximum Gasteiger partial charge on any atom is 0.325 e. The summed E-state index contributed by atoms with van der Waals surface area (Å²) in [7, 11) is 0. The standard InChI is InChI=1S/C22H29N3O3/c1-2-15-10-12-22(13-11-15)20(27)25(21(28)24-22)14-19(26)23-18-9-5-7-16-6-3-4-8-17(16)18/h3-4,6,8,15,18H,2,5,7,9-14H2,1H3,(H,23,26)(H,24,28). The van der Waals surface area contributed by atoms with Crippen molar-refractivity contribution in [1.29, 1.82) is 0 Å². The van der Waals surface area contributed by atoms with E-state index in [0.29, 0.717) is 18.8 Å². The van der Waals surface area contributed by atoms with E-state index in [9.17, 15) is 14.4 Å². The molecule has 0 radical (unpaired) electrons. The number of rotatable bonds is 4. The number of imide groups is 1. The predicted octanol–water partition coefficient (Wildman–Crippen LogP) is 3.07. The average molecular weight is 383 g/mol. The molecule has 2 fully saturated rings. The third-order valence-electron chi connectivity index (χ3n) is 6.79. The van der Waals surface area contributed by atoms with Crippen LogP contribution in [0.5, 0.6) is 0 Å². The molecule has 1 saturated heterocycles. The van der Waals surface area contributed by atoms with Crippen LogP contribution in [0.3, 0.4) is 0 Å². The van der Waals surface area contributed by atoms with Gasteiger partial charge in [0.2, 0.25) is 5.91 Å². The van der Waals surface area contributed by atoms with E-state index in [-0.39, 0.29) is 24.4 Å². The van der Waals surface area contributed by atoms with Gasteiger partial charge >= 0.3 is 6.03 Å². The van der Waals surface area contributed by atoms with Crippen LogP contribution in [0.15, 0.2) is 24.3 Å². The van der Waals surface area contributed by atoms with Gasteiger partial charge in [-0.15, -0.1) is 0 Å². The number of nitrogens with one attached hydrogen (secondary N) is 2. The van der Waals surface area contributed by atoms with Crippen LogP contribution in [0.25, 0.3) is 0 Å². The Kier molecular flexibility index (Phi) is 5.13. The average Bonchev–Trinajstić information content (AvgIpc) is 2.93. The Morgan fingerprint density at radius 3 is 2.71 bits per heavy atom. The SMILES string of the molecule is CCC1CCC2(CC1)NC(=O)N(CC(=O)NC1CCCc3ccccc31)C2=O. The third-order valence-corrected chi connectivity index (χ3v) is 6.79. The number of fused-ring (bicyclic) bond motifs is 1. The highest BCUT2D eigenvalue weighted by atomic mass is 16.2. The van der Waals surface area contributed by atoms with Crippen molar-refractivity contribution in [2.45, 2.75) is 69.9 Å². The maximum absolute atomic E-state index is 13.0. The minimum Gasteiger partial charge on any atom is -0.348 e. The third kappa shape index (κ3) is 3.40. The molecule has 1 atom stereocenters. The largest absolute Gasteiger partial charge is 0.348 e. The van der Waals surface area contributed by atoms with Gasteiger partial charge < -0.3 is 10.6 Å². The molecule has 1 aromatic carbocycles. The smallest absolute Gasteiger partial charge is 0.325 e. The van der Waals surface area contributed by atoms with E-state index in [2.05, 4.69) is 23.6 Å². The van der Waals surface area contributed by atoms with Crippen LogP contribution in [0.1, 0.15) is 69.0 Å². The lowest BCUT2D eigenvalue weighted by Gasteiger charge is -2.34. The molecule has 2 aliphatic carbocycles. The van der Waals surface area contributed by atoms with Crippen LogP contribution in [0.2, 0.25) is 0 Å². The van der Waals surface area contributed by atoms with Crippen molar-refractivity contribution < 1.29 is 14.4 Å². The molecule has 1 heterocycles. The second kappa shape index (κ2) is 7.57. The molecule has 1 spiro atoms. The second-order valence-corrected chi connectivity index (χ2v) is 8.47. The van der Waals surface area contributed by atoms with Gasteiger partial charge in [0.1, 0.15) is 12.1 Å². The van der Waals surface area contributed by atoms with E-state index >= 15 is 0 Å². The maximum atomic E-state index is 13.0. The first kappa shape index (κ1) is 19.0. The van der Waals surface area contributed by atoms with E-state index in [1.54, 1.807) is 0 Å². The molecule has 4 amide bonds. The van der Waals surface area contributed by atoms with Crippen LogP contribution in [0, 0.1) is 5.92 Å². The molecular formula is C22H29N3O3. The summed E-state index contributed by atoms with van der Waals surface area (Å²) in [6.45, 7) is 1.96. The summed E-state index contributed by atoms with van der Waals surface area (Å²) in [5.41, 5.74) is 1.62. The topological polar surface area (TPSA) is 78.5 Å². The van der Waals surface area contributed by atoms with E-state index in [0.717, 1.165) is 49.0 Å². The molecule has 150 valence electrons. The van der Waals surface area contributed by atoms with Gasteiger partial charge in [-0.3, -0.25) is 14.5 Å². The summed E-state index contributed by atoms with van der Waals surface area (Å²) in [5, 5.41) is 5.93. The lowest BCUT2D eigenvalue weighted by molar-refractivity contribution is -0.136. The van der Waals surface area contributed by atoms with E-state index in [1.807, 2.05) is 18.2 Å².